The Labute approximate surface area is 184 Å². The number of hydrogen-bond donors (Lipinski definition) is 3. The lowest BCUT2D eigenvalue weighted by molar-refractivity contribution is 0.0954. The number of nitrogens with one attached hydrogen (secondary N) is 3. The summed E-state index contributed by atoms with van der Waals surface area (Å²) in [5, 5.41) is 10.1. The number of carbonyl (C=O) groups is 2. The third kappa shape index (κ3) is 4.44. The fraction of sp³-hybridized carbons (Fsp3) is 0.167. The van der Waals surface area contributed by atoms with E-state index in [1.165, 1.54) is 0 Å². The lowest BCUT2D eigenvalue weighted by atomic mass is 10.1. The van der Waals surface area contributed by atoms with Crippen LogP contribution in [0.5, 0.6) is 11.5 Å². The molecule has 0 spiro atoms. The maximum absolute atomic E-state index is 12.3. The second kappa shape index (κ2) is 9.30. The molecule has 4 aromatic rings. The van der Waals surface area contributed by atoms with Crippen molar-refractivity contribution in [1.29, 1.82) is 0 Å². The van der Waals surface area contributed by atoms with E-state index in [0.717, 1.165) is 16.4 Å². The van der Waals surface area contributed by atoms with Gasteiger partial charge in [-0.1, -0.05) is 18.2 Å². The average molecular weight is 433 g/mol. The molecule has 4 rings (SSSR count). The van der Waals surface area contributed by atoms with E-state index >= 15 is 0 Å². The molecule has 164 valence electrons. The Hall–Kier alpha value is -4.20. The van der Waals surface area contributed by atoms with Crippen LogP contribution in [0.15, 0.2) is 65.1 Å². The van der Waals surface area contributed by atoms with Crippen LogP contribution >= 0.6 is 0 Å². The number of urea groups is 1. The number of rotatable bonds is 7. The zero-order chi connectivity index (χ0) is 22.5. The van der Waals surface area contributed by atoms with Crippen molar-refractivity contribution in [2.45, 2.75) is 0 Å². The number of hydrogen-bond acceptors (Lipinski definition) is 5. The van der Waals surface area contributed by atoms with Crippen LogP contribution in [-0.2, 0) is 0 Å². The van der Waals surface area contributed by atoms with Crippen LogP contribution in [0.3, 0.4) is 0 Å². The summed E-state index contributed by atoms with van der Waals surface area (Å²) in [6.45, 7) is 0.529. The van der Waals surface area contributed by atoms with Crippen molar-refractivity contribution in [1.82, 2.24) is 10.6 Å². The summed E-state index contributed by atoms with van der Waals surface area (Å²) in [5.41, 5.74) is 2.41. The van der Waals surface area contributed by atoms with E-state index in [9.17, 15) is 9.59 Å². The smallest absolute Gasteiger partial charge is 0.319 e. The minimum atomic E-state index is -0.419. The van der Waals surface area contributed by atoms with Gasteiger partial charge in [0.15, 0.2) is 0 Å². The molecule has 3 N–H and O–H groups in total. The maximum atomic E-state index is 12.3. The van der Waals surface area contributed by atoms with Gasteiger partial charge in [0.1, 0.15) is 22.7 Å². The van der Waals surface area contributed by atoms with Crippen LogP contribution in [0, 0.1) is 0 Å². The topological polar surface area (TPSA) is 102 Å². The highest BCUT2D eigenvalue weighted by atomic mass is 16.5. The Bertz CT molecular complexity index is 1260. The highest BCUT2D eigenvalue weighted by Crippen LogP contribution is 2.36. The van der Waals surface area contributed by atoms with Gasteiger partial charge >= 0.3 is 6.03 Å². The van der Waals surface area contributed by atoms with Gasteiger partial charge in [0, 0.05) is 35.5 Å². The number of carbonyl (C=O) groups excluding carboxylic acids is 2. The van der Waals surface area contributed by atoms with Crippen LogP contribution in [0.2, 0.25) is 0 Å². The molecule has 0 fully saturated rings. The SMILES string of the molecule is COc1ccc(C(=O)NCCNC(=O)Nc2cc3oc4ccccc4c3cc2OC)cc1. The summed E-state index contributed by atoms with van der Waals surface area (Å²) in [5.74, 6) is 0.968. The Morgan fingerprint density at radius 3 is 2.34 bits per heavy atom. The Morgan fingerprint density at radius 1 is 0.844 bits per heavy atom. The molecule has 1 heterocycles. The first-order valence-corrected chi connectivity index (χ1v) is 10.1. The van der Waals surface area contributed by atoms with E-state index in [-0.39, 0.29) is 19.0 Å². The molecule has 8 heteroatoms. The van der Waals surface area contributed by atoms with Crippen LogP contribution in [0.4, 0.5) is 10.5 Å². The molecule has 0 radical (unpaired) electrons. The molecule has 0 aliphatic carbocycles. The minimum Gasteiger partial charge on any atom is -0.497 e. The molecule has 0 saturated heterocycles. The highest BCUT2D eigenvalue weighted by molar-refractivity contribution is 6.07. The van der Waals surface area contributed by atoms with Crippen LogP contribution in [0.1, 0.15) is 10.4 Å². The number of para-hydroxylation sites is 1. The number of ether oxygens (including phenoxy) is 2. The molecule has 3 aromatic carbocycles. The van der Waals surface area contributed by atoms with E-state index in [1.54, 1.807) is 44.6 Å². The molecule has 32 heavy (non-hydrogen) atoms. The third-order valence-corrected chi connectivity index (χ3v) is 5.00. The van der Waals surface area contributed by atoms with E-state index in [1.807, 2.05) is 30.3 Å². The van der Waals surface area contributed by atoms with Gasteiger partial charge in [-0.25, -0.2) is 4.79 Å². The van der Waals surface area contributed by atoms with E-state index < -0.39 is 6.03 Å². The molecule has 0 saturated carbocycles. The van der Waals surface area contributed by atoms with Crippen molar-refractivity contribution in [2.75, 3.05) is 32.6 Å². The third-order valence-electron chi connectivity index (χ3n) is 5.00. The number of furan rings is 1. The maximum Gasteiger partial charge on any atom is 0.319 e. The molecule has 8 nitrogen and oxygen atoms in total. The number of anilines is 1. The van der Waals surface area contributed by atoms with Gasteiger partial charge in [-0.15, -0.1) is 0 Å². The van der Waals surface area contributed by atoms with Gasteiger partial charge in [-0.2, -0.15) is 0 Å². The Kier molecular flexibility index (Phi) is 6.12. The number of methoxy groups -OCH3 is 2. The zero-order valence-electron chi connectivity index (χ0n) is 17.7. The predicted octanol–water partition coefficient (Wildman–Crippen LogP) is 4.15. The lowest BCUT2D eigenvalue weighted by Gasteiger charge is -2.12. The summed E-state index contributed by atoms with van der Waals surface area (Å²) < 4.78 is 16.4. The van der Waals surface area contributed by atoms with Gasteiger partial charge in [-0.3, -0.25) is 4.79 Å². The summed E-state index contributed by atoms with van der Waals surface area (Å²) in [6.07, 6.45) is 0. The number of amides is 3. The fourth-order valence-corrected chi connectivity index (χ4v) is 3.38. The lowest BCUT2D eigenvalue weighted by Crippen LogP contribution is -2.36. The number of benzene rings is 3. The molecule has 0 aliphatic rings. The average Bonchev–Trinajstić information content (AvgIpc) is 3.18. The van der Waals surface area contributed by atoms with E-state index in [0.29, 0.717) is 28.3 Å². The van der Waals surface area contributed by atoms with Crippen molar-refractivity contribution in [3.05, 3.63) is 66.2 Å². The second-order valence-electron chi connectivity index (χ2n) is 7.01. The van der Waals surface area contributed by atoms with Gasteiger partial charge in [0.2, 0.25) is 0 Å². The molecular formula is C24H23N3O5. The molecular weight excluding hydrogens is 410 g/mol. The van der Waals surface area contributed by atoms with Crippen molar-refractivity contribution in [3.63, 3.8) is 0 Å². The normalized spacial score (nSPS) is 10.7. The first-order valence-electron chi connectivity index (χ1n) is 10.1. The Balaban J connectivity index is 1.34. The first kappa shape index (κ1) is 21.0. The molecule has 0 bridgehead atoms. The monoisotopic (exact) mass is 433 g/mol. The molecule has 0 aliphatic heterocycles. The summed E-state index contributed by atoms with van der Waals surface area (Å²) in [7, 11) is 3.11. The number of fused-ring (bicyclic) bond motifs is 3. The Morgan fingerprint density at radius 2 is 1.59 bits per heavy atom. The summed E-state index contributed by atoms with van der Waals surface area (Å²) >= 11 is 0. The summed E-state index contributed by atoms with van der Waals surface area (Å²) in [6, 6.07) is 17.6. The van der Waals surface area contributed by atoms with Gasteiger partial charge in [0.05, 0.1) is 19.9 Å². The largest absolute Gasteiger partial charge is 0.497 e. The van der Waals surface area contributed by atoms with Gasteiger partial charge in [0.25, 0.3) is 5.91 Å². The van der Waals surface area contributed by atoms with Crippen molar-refractivity contribution >= 4 is 39.6 Å². The highest BCUT2D eigenvalue weighted by Gasteiger charge is 2.14. The predicted molar refractivity (Wildman–Crippen MR) is 123 cm³/mol. The van der Waals surface area contributed by atoms with Crippen molar-refractivity contribution in [3.8, 4) is 11.5 Å². The molecule has 3 amide bonds. The van der Waals surface area contributed by atoms with Crippen molar-refractivity contribution < 1.29 is 23.5 Å². The molecule has 0 atom stereocenters. The molecule has 0 unspecified atom stereocenters. The fourth-order valence-electron chi connectivity index (χ4n) is 3.38. The van der Waals surface area contributed by atoms with Crippen molar-refractivity contribution in [2.24, 2.45) is 0 Å². The standard InChI is InChI=1S/C24H23N3O5/c1-30-16-9-7-15(8-10-16)23(28)25-11-12-26-24(29)27-19-14-21-18(13-22(19)31-2)17-5-3-4-6-20(17)32-21/h3-10,13-14H,11-12H2,1-2H3,(H,25,28)(H2,26,27,29). The van der Waals surface area contributed by atoms with Gasteiger partial charge < -0.3 is 29.8 Å². The van der Waals surface area contributed by atoms with Crippen LogP contribution in [-0.4, -0.2) is 39.2 Å². The van der Waals surface area contributed by atoms with Crippen LogP contribution < -0.4 is 25.4 Å². The minimum absolute atomic E-state index is 0.230. The second-order valence-corrected chi connectivity index (χ2v) is 7.01. The van der Waals surface area contributed by atoms with E-state index in [4.69, 9.17) is 13.9 Å². The first-order chi connectivity index (χ1) is 15.6. The summed E-state index contributed by atoms with van der Waals surface area (Å²) in [4.78, 5) is 24.5. The van der Waals surface area contributed by atoms with E-state index in [2.05, 4.69) is 16.0 Å². The van der Waals surface area contributed by atoms with Crippen LogP contribution in [0.25, 0.3) is 21.9 Å². The van der Waals surface area contributed by atoms with Gasteiger partial charge in [-0.05, 0) is 36.4 Å². The quantitative estimate of drug-likeness (QED) is 0.380. The molecule has 1 aromatic heterocycles. The zero-order valence-corrected chi connectivity index (χ0v) is 17.7.